The van der Waals surface area contributed by atoms with Crippen molar-refractivity contribution < 1.29 is 14.9 Å². The van der Waals surface area contributed by atoms with E-state index in [0.29, 0.717) is 17.4 Å². The highest BCUT2D eigenvalue weighted by Crippen LogP contribution is 2.28. The van der Waals surface area contributed by atoms with Gasteiger partial charge in [0.25, 0.3) is 0 Å². The molecule has 0 aliphatic carbocycles. The zero-order valence-corrected chi connectivity index (χ0v) is 12.0. The number of halogens is 1. The summed E-state index contributed by atoms with van der Waals surface area (Å²) in [6, 6.07) is 12.8. The lowest BCUT2D eigenvalue weighted by Gasteiger charge is -2.11. The molecule has 0 heterocycles. The minimum absolute atomic E-state index is 0.0355. The van der Waals surface area contributed by atoms with Crippen LogP contribution in [0.15, 0.2) is 42.5 Å². The van der Waals surface area contributed by atoms with Crippen LogP contribution in [-0.4, -0.2) is 10.2 Å². The van der Waals surface area contributed by atoms with Crippen molar-refractivity contribution >= 4 is 11.6 Å². The molecule has 0 saturated carbocycles. The van der Waals surface area contributed by atoms with Gasteiger partial charge in [-0.05, 0) is 35.7 Å². The van der Waals surface area contributed by atoms with Crippen LogP contribution in [-0.2, 0) is 13.2 Å². The fourth-order valence-corrected chi connectivity index (χ4v) is 2.04. The highest BCUT2D eigenvalue weighted by Gasteiger charge is 2.07. The van der Waals surface area contributed by atoms with E-state index in [9.17, 15) is 5.11 Å². The first-order valence-corrected chi connectivity index (χ1v) is 6.77. The average molecular weight is 293 g/mol. The van der Waals surface area contributed by atoms with Crippen molar-refractivity contribution in [2.45, 2.75) is 26.2 Å². The van der Waals surface area contributed by atoms with E-state index in [1.165, 1.54) is 0 Å². The third kappa shape index (κ3) is 3.73. The summed E-state index contributed by atoms with van der Waals surface area (Å²) >= 11 is 6.12. The van der Waals surface area contributed by atoms with E-state index in [-0.39, 0.29) is 6.61 Å². The zero-order valence-electron chi connectivity index (χ0n) is 11.2. The van der Waals surface area contributed by atoms with Crippen molar-refractivity contribution in [2.75, 3.05) is 0 Å². The lowest BCUT2D eigenvalue weighted by molar-refractivity contribution is 0.199. The van der Waals surface area contributed by atoms with Gasteiger partial charge in [0.15, 0.2) is 0 Å². The first-order chi connectivity index (χ1) is 9.60. The van der Waals surface area contributed by atoms with E-state index in [1.807, 2.05) is 24.3 Å². The Kier molecular flexibility index (Phi) is 5.01. The second-order valence-electron chi connectivity index (χ2n) is 4.63. The molecule has 2 aromatic rings. The normalized spacial score (nSPS) is 12.2. The molecule has 0 aromatic heterocycles. The molecule has 0 radical (unpaired) electrons. The number of aliphatic hydroxyl groups is 2. The van der Waals surface area contributed by atoms with Crippen LogP contribution in [0.5, 0.6) is 5.75 Å². The lowest BCUT2D eigenvalue weighted by Crippen LogP contribution is -1.98. The first-order valence-electron chi connectivity index (χ1n) is 6.39. The van der Waals surface area contributed by atoms with Gasteiger partial charge < -0.3 is 14.9 Å². The molecule has 2 rings (SSSR count). The molecule has 0 unspecified atom stereocenters. The molecule has 2 aromatic carbocycles. The summed E-state index contributed by atoms with van der Waals surface area (Å²) in [7, 11) is 0. The second kappa shape index (κ2) is 6.75. The van der Waals surface area contributed by atoms with E-state index >= 15 is 0 Å². The molecule has 0 bridgehead atoms. The van der Waals surface area contributed by atoms with Crippen molar-refractivity contribution in [1.29, 1.82) is 0 Å². The van der Waals surface area contributed by atoms with Crippen molar-refractivity contribution in [3.8, 4) is 5.75 Å². The third-order valence-corrected chi connectivity index (χ3v) is 3.33. The quantitative estimate of drug-likeness (QED) is 0.887. The molecular formula is C16H17ClO3. The second-order valence-corrected chi connectivity index (χ2v) is 5.04. The highest BCUT2D eigenvalue weighted by molar-refractivity contribution is 6.32. The standard InChI is InChI=1S/C16H17ClO3/c1-11(19)14-6-7-16(15(17)8-14)20-10-13-4-2-12(9-18)3-5-13/h2-8,11,18-19H,9-10H2,1H3/t11-/m1/s1. The molecule has 0 fully saturated rings. The summed E-state index contributed by atoms with van der Waals surface area (Å²) < 4.78 is 5.66. The Labute approximate surface area is 123 Å². The van der Waals surface area contributed by atoms with E-state index in [2.05, 4.69) is 0 Å². The van der Waals surface area contributed by atoms with Crippen LogP contribution in [0.2, 0.25) is 5.02 Å². The Morgan fingerprint density at radius 3 is 2.30 bits per heavy atom. The largest absolute Gasteiger partial charge is 0.487 e. The number of aliphatic hydroxyl groups excluding tert-OH is 2. The van der Waals surface area contributed by atoms with Gasteiger partial charge in [0, 0.05) is 0 Å². The molecule has 1 atom stereocenters. The molecule has 2 N–H and O–H groups in total. The summed E-state index contributed by atoms with van der Waals surface area (Å²) in [4.78, 5) is 0. The summed E-state index contributed by atoms with van der Waals surface area (Å²) in [5.74, 6) is 0.585. The molecule has 0 spiro atoms. The summed E-state index contributed by atoms with van der Waals surface area (Å²) in [6.45, 7) is 2.13. The van der Waals surface area contributed by atoms with Gasteiger partial charge in [-0.3, -0.25) is 0 Å². The van der Waals surface area contributed by atoms with Crippen molar-refractivity contribution in [3.05, 3.63) is 64.2 Å². The van der Waals surface area contributed by atoms with E-state index in [0.717, 1.165) is 16.7 Å². The Morgan fingerprint density at radius 2 is 1.75 bits per heavy atom. The maximum atomic E-state index is 9.48. The summed E-state index contributed by atoms with van der Waals surface area (Å²) in [6.07, 6.45) is -0.549. The first kappa shape index (κ1) is 14.9. The zero-order chi connectivity index (χ0) is 14.5. The van der Waals surface area contributed by atoms with E-state index < -0.39 is 6.10 Å². The molecule has 0 aliphatic rings. The molecular weight excluding hydrogens is 276 g/mol. The van der Waals surface area contributed by atoms with Gasteiger partial charge in [-0.15, -0.1) is 0 Å². The fraction of sp³-hybridized carbons (Fsp3) is 0.250. The van der Waals surface area contributed by atoms with E-state index in [4.69, 9.17) is 21.4 Å². The Morgan fingerprint density at radius 1 is 1.10 bits per heavy atom. The predicted molar refractivity (Wildman–Crippen MR) is 78.8 cm³/mol. The van der Waals surface area contributed by atoms with Gasteiger partial charge >= 0.3 is 0 Å². The highest BCUT2D eigenvalue weighted by atomic mass is 35.5. The van der Waals surface area contributed by atoms with Gasteiger partial charge in [0.2, 0.25) is 0 Å². The smallest absolute Gasteiger partial charge is 0.138 e. The Balaban J connectivity index is 2.03. The molecule has 0 amide bonds. The van der Waals surface area contributed by atoms with Gasteiger partial charge in [0.1, 0.15) is 12.4 Å². The molecule has 0 saturated heterocycles. The topological polar surface area (TPSA) is 49.7 Å². The fourth-order valence-electron chi connectivity index (χ4n) is 1.80. The molecule has 4 heteroatoms. The lowest BCUT2D eigenvalue weighted by atomic mass is 10.1. The van der Waals surface area contributed by atoms with Gasteiger partial charge in [-0.2, -0.15) is 0 Å². The summed E-state index contributed by atoms with van der Waals surface area (Å²) in [5, 5.41) is 18.9. The van der Waals surface area contributed by atoms with Crippen molar-refractivity contribution in [3.63, 3.8) is 0 Å². The molecule has 106 valence electrons. The SMILES string of the molecule is C[C@@H](O)c1ccc(OCc2ccc(CO)cc2)c(Cl)c1. The minimum atomic E-state index is -0.549. The molecule has 0 aliphatic heterocycles. The Bertz CT molecular complexity index is 564. The number of ether oxygens (including phenoxy) is 1. The van der Waals surface area contributed by atoms with Crippen LogP contribution in [0.3, 0.4) is 0 Å². The van der Waals surface area contributed by atoms with Crippen LogP contribution in [0.1, 0.15) is 29.7 Å². The number of hydrogen-bond donors (Lipinski definition) is 2. The average Bonchev–Trinajstić information content (AvgIpc) is 2.46. The maximum Gasteiger partial charge on any atom is 0.138 e. The van der Waals surface area contributed by atoms with Crippen LogP contribution in [0, 0.1) is 0 Å². The van der Waals surface area contributed by atoms with Crippen molar-refractivity contribution in [1.82, 2.24) is 0 Å². The van der Waals surface area contributed by atoms with Gasteiger partial charge in [0.05, 0.1) is 17.7 Å². The van der Waals surface area contributed by atoms with Crippen LogP contribution in [0.25, 0.3) is 0 Å². The molecule has 3 nitrogen and oxygen atoms in total. The third-order valence-electron chi connectivity index (χ3n) is 3.04. The minimum Gasteiger partial charge on any atom is -0.487 e. The number of benzene rings is 2. The predicted octanol–water partition coefficient (Wildman–Crippen LogP) is 3.46. The summed E-state index contributed by atoms with van der Waals surface area (Å²) in [5.41, 5.74) is 2.63. The number of rotatable bonds is 5. The van der Waals surface area contributed by atoms with Crippen LogP contribution < -0.4 is 4.74 Å². The Hall–Kier alpha value is -1.55. The van der Waals surface area contributed by atoms with E-state index in [1.54, 1.807) is 25.1 Å². The van der Waals surface area contributed by atoms with Gasteiger partial charge in [-0.1, -0.05) is 41.9 Å². The monoisotopic (exact) mass is 292 g/mol. The molecule has 20 heavy (non-hydrogen) atoms. The van der Waals surface area contributed by atoms with Gasteiger partial charge in [-0.25, -0.2) is 0 Å². The number of hydrogen-bond acceptors (Lipinski definition) is 3. The van der Waals surface area contributed by atoms with Crippen LogP contribution in [0.4, 0.5) is 0 Å². The maximum absolute atomic E-state index is 9.48. The van der Waals surface area contributed by atoms with Crippen LogP contribution >= 0.6 is 11.6 Å². The van der Waals surface area contributed by atoms with Crippen molar-refractivity contribution in [2.24, 2.45) is 0 Å².